The number of nitrogens with one attached hydrogen (secondary N) is 1. The SMILES string of the molecule is CC1CC(NC(=O)c2c(Cl)ccc(S(=O)(=O)Cl)c2Cl)C1. The maximum Gasteiger partial charge on any atom is 0.262 e. The number of benzene rings is 1. The lowest BCUT2D eigenvalue weighted by atomic mass is 9.82. The molecule has 0 spiro atoms. The third kappa shape index (κ3) is 3.22. The standard InChI is InChI=1S/C12H12Cl3NO3S/c1-6-4-7(5-6)16-12(17)10-8(13)2-3-9(11(10)14)20(15,18)19/h2-3,6-7H,4-5H2,1H3,(H,16,17). The van der Waals surface area contributed by atoms with E-state index in [0.717, 1.165) is 12.8 Å². The fourth-order valence-corrected chi connectivity index (χ4v) is 4.11. The molecule has 110 valence electrons. The van der Waals surface area contributed by atoms with E-state index in [1.165, 1.54) is 12.1 Å². The van der Waals surface area contributed by atoms with Gasteiger partial charge in [-0.05, 0) is 30.9 Å². The van der Waals surface area contributed by atoms with Crippen molar-refractivity contribution in [3.05, 3.63) is 27.7 Å². The average molecular weight is 357 g/mol. The minimum atomic E-state index is -4.03. The Kier molecular flexibility index (Phi) is 4.54. The smallest absolute Gasteiger partial charge is 0.262 e. The van der Waals surface area contributed by atoms with Crippen LogP contribution in [0.5, 0.6) is 0 Å². The molecule has 20 heavy (non-hydrogen) atoms. The highest BCUT2D eigenvalue weighted by molar-refractivity contribution is 8.13. The predicted molar refractivity (Wildman–Crippen MR) is 79.2 cm³/mol. The van der Waals surface area contributed by atoms with Crippen molar-refractivity contribution in [2.24, 2.45) is 5.92 Å². The van der Waals surface area contributed by atoms with E-state index in [2.05, 4.69) is 12.2 Å². The Bertz CT molecular complexity index is 654. The van der Waals surface area contributed by atoms with Crippen LogP contribution in [0.4, 0.5) is 0 Å². The molecule has 8 heteroatoms. The van der Waals surface area contributed by atoms with E-state index in [0.29, 0.717) is 5.92 Å². The van der Waals surface area contributed by atoms with Crippen LogP contribution in [-0.2, 0) is 9.05 Å². The van der Waals surface area contributed by atoms with Gasteiger partial charge in [-0.25, -0.2) is 8.42 Å². The molecule has 0 atom stereocenters. The summed E-state index contributed by atoms with van der Waals surface area (Å²) < 4.78 is 22.8. The third-order valence-corrected chi connectivity index (χ3v) is 5.44. The molecule has 0 unspecified atom stereocenters. The van der Waals surface area contributed by atoms with Crippen LogP contribution >= 0.6 is 33.9 Å². The zero-order valence-corrected chi connectivity index (χ0v) is 13.6. The molecule has 1 aromatic rings. The van der Waals surface area contributed by atoms with Crippen molar-refractivity contribution in [3.8, 4) is 0 Å². The Morgan fingerprint density at radius 2 is 1.90 bits per heavy atom. The Morgan fingerprint density at radius 1 is 1.30 bits per heavy atom. The van der Waals surface area contributed by atoms with Gasteiger partial charge in [0.05, 0.1) is 15.6 Å². The van der Waals surface area contributed by atoms with Crippen LogP contribution in [-0.4, -0.2) is 20.4 Å². The summed E-state index contributed by atoms with van der Waals surface area (Å²) in [6, 6.07) is 2.54. The number of rotatable bonds is 3. The van der Waals surface area contributed by atoms with Crippen molar-refractivity contribution in [1.29, 1.82) is 0 Å². The van der Waals surface area contributed by atoms with Gasteiger partial charge >= 0.3 is 0 Å². The van der Waals surface area contributed by atoms with Gasteiger partial charge in [0.1, 0.15) is 4.90 Å². The maximum atomic E-state index is 12.2. The van der Waals surface area contributed by atoms with Crippen LogP contribution in [0.3, 0.4) is 0 Å². The molecular weight excluding hydrogens is 345 g/mol. The molecule has 2 rings (SSSR count). The van der Waals surface area contributed by atoms with Crippen molar-refractivity contribution >= 4 is 48.8 Å². The zero-order valence-electron chi connectivity index (χ0n) is 10.5. The van der Waals surface area contributed by atoms with Gasteiger partial charge in [0, 0.05) is 16.7 Å². The van der Waals surface area contributed by atoms with Gasteiger partial charge in [0.2, 0.25) is 0 Å². The predicted octanol–water partition coefficient (Wildman–Crippen LogP) is 3.45. The Labute approximate surface area is 131 Å². The van der Waals surface area contributed by atoms with Crippen LogP contribution in [0.2, 0.25) is 10.0 Å². The van der Waals surface area contributed by atoms with E-state index in [4.69, 9.17) is 33.9 Å². The summed E-state index contributed by atoms with van der Waals surface area (Å²) in [6.45, 7) is 2.09. The summed E-state index contributed by atoms with van der Waals surface area (Å²) >= 11 is 11.9. The van der Waals surface area contributed by atoms with Gasteiger partial charge in [0.25, 0.3) is 15.0 Å². The lowest BCUT2D eigenvalue weighted by Gasteiger charge is -2.33. The van der Waals surface area contributed by atoms with Crippen LogP contribution in [0.15, 0.2) is 17.0 Å². The molecule has 1 amide bonds. The van der Waals surface area contributed by atoms with Crippen molar-refractivity contribution < 1.29 is 13.2 Å². The summed E-state index contributed by atoms with van der Waals surface area (Å²) in [5.41, 5.74) is -0.0605. The van der Waals surface area contributed by atoms with Crippen LogP contribution in [0.25, 0.3) is 0 Å². The van der Waals surface area contributed by atoms with Gasteiger partial charge in [-0.1, -0.05) is 30.1 Å². The highest BCUT2D eigenvalue weighted by atomic mass is 35.7. The first-order valence-corrected chi connectivity index (χ1v) is 9.00. The molecule has 1 N–H and O–H groups in total. The van der Waals surface area contributed by atoms with Gasteiger partial charge in [-0.3, -0.25) is 4.79 Å². The minimum absolute atomic E-state index is 0.0605. The van der Waals surface area contributed by atoms with Gasteiger partial charge < -0.3 is 5.32 Å². The molecule has 0 bridgehead atoms. The number of hydrogen-bond donors (Lipinski definition) is 1. The first kappa shape index (κ1) is 15.9. The van der Waals surface area contributed by atoms with Crippen LogP contribution in [0.1, 0.15) is 30.1 Å². The summed E-state index contributed by atoms with van der Waals surface area (Å²) in [4.78, 5) is 11.8. The molecule has 1 aromatic carbocycles. The van der Waals surface area contributed by atoms with Crippen molar-refractivity contribution in [3.63, 3.8) is 0 Å². The molecule has 1 saturated carbocycles. The zero-order chi connectivity index (χ0) is 15.1. The van der Waals surface area contributed by atoms with Crippen LogP contribution < -0.4 is 5.32 Å². The molecule has 0 aromatic heterocycles. The molecular formula is C12H12Cl3NO3S. The van der Waals surface area contributed by atoms with E-state index >= 15 is 0 Å². The second kappa shape index (κ2) is 5.72. The minimum Gasteiger partial charge on any atom is -0.349 e. The monoisotopic (exact) mass is 355 g/mol. The number of carbonyl (C=O) groups excluding carboxylic acids is 1. The summed E-state index contributed by atoms with van der Waals surface area (Å²) in [7, 11) is 1.24. The quantitative estimate of drug-likeness (QED) is 0.844. The van der Waals surface area contributed by atoms with Crippen molar-refractivity contribution in [1.82, 2.24) is 5.32 Å². The summed E-state index contributed by atoms with van der Waals surface area (Å²) in [6.07, 6.45) is 1.77. The lowest BCUT2D eigenvalue weighted by molar-refractivity contribution is 0.0896. The van der Waals surface area contributed by atoms with Crippen molar-refractivity contribution in [2.45, 2.75) is 30.7 Å². The summed E-state index contributed by atoms with van der Waals surface area (Å²) in [5, 5.41) is 2.61. The molecule has 1 aliphatic rings. The molecule has 1 fully saturated rings. The Morgan fingerprint density at radius 3 is 2.40 bits per heavy atom. The second-order valence-corrected chi connectivity index (χ2v) is 8.24. The lowest BCUT2D eigenvalue weighted by Crippen LogP contribution is -2.43. The maximum absolute atomic E-state index is 12.2. The number of hydrogen-bond acceptors (Lipinski definition) is 3. The number of halogens is 3. The van der Waals surface area contributed by atoms with E-state index < -0.39 is 15.0 Å². The third-order valence-electron chi connectivity index (χ3n) is 3.25. The normalized spacial score (nSPS) is 22.2. The fraction of sp³-hybridized carbons (Fsp3) is 0.417. The first-order chi connectivity index (χ1) is 9.20. The molecule has 4 nitrogen and oxygen atoms in total. The Balaban J connectivity index is 2.33. The highest BCUT2D eigenvalue weighted by Crippen LogP contribution is 2.33. The van der Waals surface area contributed by atoms with Crippen LogP contribution in [0, 0.1) is 5.92 Å². The molecule has 0 aliphatic heterocycles. The van der Waals surface area contributed by atoms with E-state index in [1.807, 2.05) is 0 Å². The first-order valence-electron chi connectivity index (χ1n) is 5.93. The van der Waals surface area contributed by atoms with Gasteiger partial charge in [-0.2, -0.15) is 0 Å². The molecule has 1 aliphatic carbocycles. The fourth-order valence-electron chi connectivity index (χ4n) is 2.21. The molecule has 0 radical (unpaired) electrons. The topological polar surface area (TPSA) is 63.2 Å². The van der Waals surface area contributed by atoms with Gasteiger partial charge in [0.15, 0.2) is 0 Å². The van der Waals surface area contributed by atoms with Crippen molar-refractivity contribution in [2.75, 3.05) is 0 Å². The van der Waals surface area contributed by atoms with E-state index in [1.54, 1.807) is 0 Å². The van der Waals surface area contributed by atoms with E-state index in [-0.39, 0.29) is 26.5 Å². The highest BCUT2D eigenvalue weighted by Gasteiger charge is 2.29. The number of amides is 1. The van der Waals surface area contributed by atoms with Gasteiger partial charge in [-0.15, -0.1) is 0 Å². The molecule has 0 saturated heterocycles. The summed E-state index contributed by atoms with van der Waals surface area (Å²) in [5.74, 6) is 0.0832. The Hall–Kier alpha value is -0.490. The largest absolute Gasteiger partial charge is 0.349 e. The van der Waals surface area contributed by atoms with E-state index in [9.17, 15) is 13.2 Å². The number of carbonyl (C=O) groups is 1. The second-order valence-electron chi connectivity index (χ2n) is 4.92. The molecule has 0 heterocycles. The average Bonchev–Trinajstić information content (AvgIpc) is 2.24.